The van der Waals surface area contributed by atoms with Crippen LogP contribution in [0.3, 0.4) is 0 Å². The average Bonchev–Trinajstić information content (AvgIpc) is 3.78. The molecule has 0 atom stereocenters. The van der Waals surface area contributed by atoms with Crippen molar-refractivity contribution in [1.29, 1.82) is 0 Å². The molecule has 0 saturated heterocycles. The van der Waals surface area contributed by atoms with E-state index in [9.17, 15) is 0 Å². The molecule has 0 aliphatic heterocycles. The number of furan rings is 1. The first kappa shape index (κ1) is 37.8. The first-order chi connectivity index (χ1) is 32.7. The Bertz CT molecular complexity index is 3870. The summed E-state index contributed by atoms with van der Waals surface area (Å²) in [6.07, 6.45) is 0. The molecule has 308 valence electrons. The van der Waals surface area contributed by atoms with E-state index in [-0.39, 0.29) is 0 Å². The molecular weight excluding hydrogens is 799 g/mol. The minimum Gasteiger partial charge on any atom is -0.455 e. The Hall–Kier alpha value is -8.72. The average molecular weight is 840 g/mol. The first-order valence-electron chi connectivity index (χ1n) is 22.6. The highest BCUT2D eigenvalue weighted by Gasteiger charge is 2.19. The normalized spacial score (nSPS) is 11.6. The highest BCUT2D eigenvalue weighted by molar-refractivity contribution is 6.25. The number of benzene rings is 12. The highest BCUT2D eigenvalue weighted by atomic mass is 16.3. The van der Waals surface area contributed by atoms with Gasteiger partial charge in [0.05, 0.1) is 0 Å². The second kappa shape index (κ2) is 15.5. The molecule has 1 aromatic heterocycles. The number of fused-ring (bicyclic) bond motifs is 3. The van der Waals surface area contributed by atoms with Crippen LogP contribution in [-0.4, -0.2) is 0 Å². The van der Waals surface area contributed by atoms with Crippen LogP contribution < -0.4 is 4.90 Å². The van der Waals surface area contributed by atoms with Crippen molar-refractivity contribution >= 4 is 71.3 Å². The Labute approximate surface area is 383 Å². The predicted octanol–water partition coefficient (Wildman–Crippen LogP) is 18.3. The van der Waals surface area contributed by atoms with Crippen molar-refractivity contribution in [3.8, 4) is 55.6 Å². The summed E-state index contributed by atoms with van der Waals surface area (Å²) in [5.41, 5.74) is 16.6. The summed E-state index contributed by atoms with van der Waals surface area (Å²) >= 11 is 0. The van der Waals surface area contributed by atoms with Crippen molar-refractivity contribution in [3.05, 3.63) is 249 Å². The van der Waals surface area contributed by atoms with Crippen molar-refractivity contribution in [1.82, 2.24) is 0 Å². The zero-order valence-corrected chi connectivity index (χ0v) is 36.0. The van der Waals surface area contributed by atoms with Crippen LogP contribution in [0.1, 0.15) is 0 Å². The van der Waals surface area contributed by atoms with Crippen LogP contribution in [-0.2, 0) is 0 Å². The third-order valence-corrected chi connectivity index (χ3v) is 13.4. The lowest BCUT2D eigenvalue weighted by Crippen LogP contribution is -2.10. The van der Waals surface area contributed by atoms with E-state index < -0.39 is 0 Å². The van der Waals surface area contributed by atoms with Crippen molar-refractivity contribution in [3.63, 3.8) is 0 Å². The Balaban J connectivity index is 0.939. The summed E-state index contributed by atoms with van der Waals surface area (Å²) in [6.45, 7) is 0. The molecule has 2 nitrogen and oxygen atoms in total. The molecule has 0 N–H and O–H groups in total. The van der Waals surface area contributed by atoms with E-state index in [1.54, 1.807) is 0 Å². The third kappa shape index (κ3) is 6.42. The summed E-state index contributed by atoms with van der Waals surface area (Å²) in [5, 5.41) is 10.1. The zero-order chi connectivity index (χ0) is 43.6. The fourth-order valence-corrected chi connectivity index (χ4v) is 10.2. The van der Waals surface area contributed by atoms with Gasteiger partial charge in [-0.05, 0) is 131 Å². The van der Waals surface area contributed by atoms with Gasteiger partial charge in [-0.1, -0.05) is 200 Å². The molecule has 13 rings (SSSR count). The van der Waals surface area contributed by atoms with E-state index in [4.69, 9.17) is 4.42 Å². The van der Waals surface area contributed by atoms with Gasteiger partial charge in [-0.15, -0.1) is 0 Å². The zero-order valence-electron chi connectivity index (χ0n) is 36.0. The molecule has 0 unspecified atom stereocenters. The van der Waals surface area contributed by atoms with Crippen molar-refractivity contribution in [2.45, 2.75) is 0 Å². The van der Waals surface area contributed by atoms with Gasteiger partial charge in [0, 0.05) is 33.4 Å². The van der Waals surface area contributed by atoms with E-state index in [1.165, 1.54) is 60.1 Å². The molecule has 0 saturated carbocycles. The van der Waals surface area contributed by atoms with Gasteiger partial charge < -0.3 is 9.32 Å². The summed E-state index contributed by atoms with van der Waals surface area (Å²) in [4.78, 5) is 2.38. The van der Waals surface area contributed by atoms with E-state index >= 15 is 0 Å². The summed E-state index contributed by atoms with van der Waals surface area (Å²) in [7, 11) is 0. The quantitative estimate of drug-likeness (QED) is 0.142. The minimum absolute atomic E-state index is 0.901. The number of nitrogens with zero attached hydrogens (tertiary/aromatic N) is 1. The first-order valence-corrected chi connectivity index (χ1v) is 22.6. The van der Waals surface area contributed by atoms with Gasteiger partial charge in [0.15, 0.2) is 0 Å². The van der Waals surface area contributed by atoms with E-state index in [0.717, 1.165) is 66.8 Å². The Morgan fingerprint density at radius 3 is 1.44 bits per heavy atom. The Morgan fingerprint density at radius 1 is 0.258 bits per heavy atom. The van der Waals surface area contributed by atoms with E-state index in [2.05, 4.69) is 241 Å². The minimum atomic E-state index is 0.901. The molecule has 2 heteroatoms. The SMILES string of the molecule is c1ccc(-c2ccc(N(c3ccc(-c4cccc5c4oc4ccccc45)cc3)c3cc(-c4ccccc4)cc(-c4ccc(-c5ccc6ccc7cccc8ccc5c6c78)cc4)c3)cc2)cc1. The maximum atomic E-state index is 6.48. The standard InChI is InChI=1S/C64H41NO/c1-3-11-42(12-4-1)44-27-33-53(34-28-44)65(54-35-29-47(30-36-54)57-18-10-19-60-58-17-7-8-20-61(58)66-64(57)60)55-40-51(43-13-5-2-6-14-43)39-52(41-55)45-21-23-46(24-22-45)56-37-31-50-26-25-48-15-9-16-49-32-38-59(56)63(50)62(48)49/h1-41H. The number of para-hydroxylation sites is 2. The number of hydrogen-bond acceptors (Lipinski definition) is 2. The van der Waals surface area contributed by atoms with Gasteiger partial charge in [-0.2, -0.15) is 0 Å². The topological polar surface area (TPSA) is 16.4 Å². The van der Waals surface area contributed by atoms with Crippen LogP contribution in [0.15, 0.2) is 253 Å². The van der Waals surface area contributed by atoms with Gasteiger partial charge in [0.1, 0.15) is 11.2 Å². The largest absolute Gasteiger partial charge is 0.455 e. The third-order valence-electron chi connectivity index (χ3n) is 13.4. The van der Waals surface area contributed by atoms with Gasteiger partial charge in [-0.3, -0.25) is 0 Å². The van der Waals surface area contributed by atoms with Crippen LogP contribution in [0, 0.1) is 0 Å². The Kier molecular flexibility index (Phi) is 8.89. The molecule has 0 fully saturated rings. The molecular formula is C64H41NO. The second-order valence-corrected chi connectivity index (χ2v) is 17.3. The molecule has 0 spiro atoms. The lowest BCUT2D eigenvalue weighted by molar-refractivity contribution is 0.670. The summed E-state index contributed by atoms with van der Waals surface area (Å²) in [6, 6.07) is 90.3. The second-order valence-electron chi connectivity index (χ2n) is 17.3. The molecule has 1 heterocycles. The number of hydrogen-bond donors (Lipinski definition) is 0. The monoisotopic (exact) mass is 839 g/mol. The predicted molar refractivity (Wildman–Crippen MR) is 279 cm³/mol. The summed E-state index contributed by atoms with van der Waals surface area (Å²) < 4.78 is 6.48. The maximum absolute atomic E-state index is 6.48. The highest BCUT2D eigenvalue weighted by Crippen LogP contribution is 2.44. The number of rotatable bonds is 8. The van der Waals surface area contributed by atoms with Gasteiger partial charge >= 0.3 is 0 Å². The van der Waals surface area contributed by atoms with E-state index in [0.29, 0.717) is 0 Å². The van der Waals surface area contributed by atoms with Crippen LogP contribution in [0.4, 0.5) is 17.1 Å². The van der Waals surface area contributed by atoms with Gasteiger partial charge in [-0.25, -0.2) is 0 Å². The molecule has 13 aromatic rings. The maximum Gasteiger partial charge on any atom is 0.143 e. The molecule has 0 aliphatic carbocycles. The van der Waals surface area contributed by atoms with Crippen molar-refractivity contribution in [2.24, 2.45) is 0 Å². The van der Waals surface area contributed by atoms with Crippen LogP contribution in [0.5, 0.6) is 0 Å². The lowest BCUT2D eigenvalue weighted by Gasteiger charge is -2.27. The van der Waals surface area contributed by atoms with Crippen molar-refractivity contribution in [2.75, 3.05) is 4.90 Å². The Morgan fingerprint density at radius 2 is 0.742 bits per heavy atom. The lowest BCUT2D eigenvalue weighted by atomic mass is 9.89. The number of anilines is 3. The van der Waals surface area contributed by atoms with Crippen LogP contribution in [0.25, 0.3) is 110 Å². The van der Waals surface area contributed by atoms with Crippen molar-refractivity contribution < 1.29 is 4.42 Å². The van der Waals surface area contributed by atoms with Crippen LogP contribution in [0.2, 0.25) is 0 Å². The molecule has 66 heavy (non-hydrogen) atoms. The molecule has 0 amide bonds. The summed E-state index contributed by atoms with van der Waals surface area (Å²) in [5.74, 6) is 0. The molecule has 0 radical (unpaired) electrons. The van der Waals surface area contributed by atoms with Crippen LogP contribution >= 0.6 is 0 Å². The van der Waals surface area contributed by atoms with Gasteiger partial charge in [0.25, 0.3) is 0 Å². The molecule has 12 aromatic carbocycles. The fourth-order valence-electron chi connectivity index (χ4n) is 10.2. The van der Waals surface area contributed by atoms with E-state index in [1.807, 2.05) is 12.1 Å². The molecule has 0 aliphatic rings. The fraction of sp³-hybridized carbons (Fsp3) is 0. The smallest absolute Gasteiger partial charge is 0.143 e. The van der Waals surface area contributed by atoms with Gasteiger partial charge in [0.2, 0.25) is 0 Å². The molecule has 0 bridgehead atoms.